The zero-order chi connectivity index (χ0) is 17.1. The molecule has 3 rings (SSSR count). The number of phenols is 1. The molecule has 4 nitrogen and oxygen atoms in total. The fourth-order valence-electron chi connectivity index (χ4n) is 2.38. The van der Waals surface area contributed by atoms with Crippen molar-refractivity contribution in [2.24, 2.45) is 5.10 Å². The van der Waals surface area contributed by atoms with Gasteiger partial charge in [-0.25, -0.2) is 5.43 Å². The van der Waals surface area contributed by atoms with Gasteiger partial charge in [0.2, 0.25) is 0 Å². The molecule has 2 N–H and O–H groups in total. The van der Waals surface area contributed by atoms with Crippen molar-refractivity contribution in [3.8, 4) is 5.75 Å². The summed E-state index contributed by atoms with van der Waals surface area (Å²) in [7, 11) is 0. The second kappa shape index (κ2) is 6.84. The lowest BCUT2D eigenvalue weighted by atomic mass is 10.1. The number of nitrogens with one attached hydrogen (secondary N) is 1. The van der Waals surface area contributed by atoms with Gasteiger partial charge in [-0.3, -0.25) is 4.79 Å². The first-order valence-electron chi connectivity index (χ1n) is 7.37. The molecule has 0 radical (unpaired) electrons. The lowest BCUT2D eigenvalue weighted by Gasteiger charge is -2.07. The summed E-state index contributed by atoms with van der Waals surface area (Å²) < 4.78 is 0.938. The summed E-state index contributed by atoms with van der Waals surface area (Å²) in [6, 6.07) is 18.4. The fourth-order valence-corrected chi connectivity index (χ4v) is 2.78. The average Bonchev–Trinajstić information content (AvgIpc) is 2.58. The number of hydrogen-bond acceptors (Lipinski definition) is 3. The minimum Gasteiger partial charge on any atom is -0.507 e. The van der Waals surface area contributed by atoms with Crippen molar-refractivity contribution in [1.29, 1.82) is 0 Å². The van der Waals surface area contributed by atoms with E-state index in [1.807, 2.05) is 55.5 Å². The van der Waals surface area contributed by atoms with Gasteiger partial charge in [-0.1, -0.05) is 52.3 Å². The summed E-state index contributed by atoms with van der Waals surface area (Å²) in [4.78, 5) is 12.3. The molecule has 0 fully saturated rings. The van der Waals surface area contributed by atoms with Crippen molar-refractivity contribution in [2.75, 3.05) is 0 Å². The van der Waals surface area contributed by atoms with Crippen LogP contribution in [0.1, 0.15) is 22.8 Å². The van der Waals surface area contributed by atoms with E-state index in [2.05, 4.69) is 26.5 Å². The molecule has 0 heterocycles. The summed E-state index contributed by atoms with van der Waals surface area (Å²) in [5.41, 5.74) is 4.26. The van der Waals surface area contributed by atoms with Crippen molar-refractivity contribution in [2.45, 2.75) is 6.92 Å². The Hall–Kier alpha value is -2.66. The highest BCUT2D eigenvalue weighted by molar-refractivity contribution is 9.10. The van der Waals surface area contributed by atoms with Gasteiger partial charge in [-0.05, 0) is 47.5 Å². The molecule has 0 aliphatic carbocycles. The van der Waals surface area contributed by atoms with Gasteiger partial charge >= 0.3 is 0 Å². The Balaban J connectivity index is 1.84. The van der Waals surface area contributed by atoms with Gasteiger partial charge in [0.15, 0.2) is 0 Å². The topological polar surface area (TPSA) is 61.7 Å². The number of nitrogens with zero attached hydrogens (tertiary/aromatic N) is 1. The predicted molar refractivity (Wildman–Crippen MR) is 99.4 cm³/mol. The molecule has 0 bridgehead atoms. The average molecular weight is 383 g/mol. The van der Waals surface area contributed by atoms with Crippen molar-refractivity contribution < 1.29 is 9.90 Å². The third-order valence-corrected chi connectivity index (χ3v) is 4.17. The number of phenolic OH excluding ortho intramolecular Hbond substituents is 1. The largest absolute Gasteiger partial charge is 0.507 e. The van der Waals surface area contributed by atoms with Crippen LogP contribution in [0.25, 0.3) is 10.8 Å². The third kappa shape index (κ3) is 3.46. The minimum atomic E-state index is -0.451. The molecule has 120 valence electrons. The summed E-state index contributed by atoms with van der Waals surface area (Å²) in [5, 5.41) is 16.0. The molecule has 24 heavy (non-hydrogen) atoms. The maximum Gasteiger partial charge on any atom is 0.275 e. The number of amides is 1. The zero-order valence-electron chi connectivity index (χ0n) is 13.0. The number of hydrogen-bond donors (Lipinski definition) is 2. The van der Waals surface area contributed by atoms with Crippen LogP contribution in [0.5, 0.6) is 5.75 Å². The van der Waals surface area contributed by atoms with Gasteiger partial charge in [-0.2, -0.15) is 5.10 Å². The van der Waals surface area contributed by atoms with Crippen molar-refractivity contribution >= 4 is 38.3 Å². The Morgan fingerprint density at radius 1 is 1.04 bits per heavy atom. The van der Waals surface area contributed by atoms with Crippen LogP contribution in [0.2, 0.25) is 0 Å². The van der Waals surface area contributed by atoms with Crippen LogP contribution in [0.3, 0.4) is 0 Å². The van der Waals surface area contributed by atoms with Crippen LogP contribution in [-0.2, 0) is 0 Å². The van der Waals surface area contributed by atoms with Gasteiger partial charge in [0.05, 0.1) is 11.3 Å². The molecule has 0 unspecified atom stereocenters. The summed E-state index contributed by atoms with van der Waals surface area (Å²) in [5.74, 6) is -0.519. The van der Waals surface area contributed by atoms with Gasteiger partial charge in [0.1, 0.15) is 5.75 Å². The molecule has 3 aromatic carbocycles. The Kier molecular flexibility index (Phi) is 4.62. The highest BCUT2D eigenvalue weighted by Gasteiger charge is 2.12. The third-order valence-electron chi connectivity index (χ3n) is 3.68. The van der Waals surface area contributed by atoms with Gasteiger partial charge in [0.25, 0.3) is 5.91 Å². The Morgan fingerprint density at radius 3 is 2.46 bits per heavy atom. The number of carbonyl (C=O) groups excluding carboxylic acids is 1. The summed E-state index contributed by atoms with van der Waals surface area (Å²) >= 11 is 3.40. The molecular formula is C19H15BrN2O2. The number of fused-ring (bicyclic) bond motifs is 1. The van der Waals surface area contributed by atoms with Crippen LogP contribution in [0.4, 0.5) is 0 Å². The van der Waals surface area contributed by atoms with Crippen LogP contribution in [-0.4, -0.2) is 16.7 Å². The van der Waals surface area contributed by atoms with Gasteiger partial charge < -0.3 is 5.11 Å². The van der Waals surface area contributed by atoms with E-state index in [4.69, 9.17) is 0 Å². The molecule has 0 aromatic heterocycles. The molecular weight excluding hydrogens is 368 g/mol. The van der Waals surface area contributed by atoms with Crippen LogP contribution < -0.4 is 5.43 Å². The zero-order valence-corrected chi connectivity index (χ0v) is 14.5. The van der Waals surface area contributed by atoms with E-state index in [1.54, 1.807) is 12.1 Å². The first kappa shape index (κ1) is 16.2. The Labute approximate surface area is 148 Å². The van der Waals surface area contributed by atoms with Crippen molar-refractivity contribution in [3.63, 3.8) is 0 Å². The normalized spacial score (nSPS) is 11.5. The highest BCUT2D eigenvalue weighted by atomic mass is 79.9. The van der Waals surface area contributed by atoms with Gasteiger partial charge in [0, 0.05) is 4.47 Å². The lowest BCUT2D eigenvalue weighted by molar-refractivity contribution is 0.0952. The molecule has 0 saturated carbocycles. The van der Waals surface area contributed by atoms with Crippen LogP contribution in [0, 0.1) is 0 Å². The predicted octanol–water partition coefficient (Wildman–Crippen LogP) is 4.46. The molecule has 0 aliphatic rings. The second-order valence-electron chi connectivity index (χ2n) is 5.36. The Morgan fingerprint density at radius 2 is 1.75 bits per heavy atom. The summed E-state index contributed by atoms with van der Waals surface area (Å²) in [6.07, 6.45) is 0. The van der Waals surface area contributed by atoms with E-state index >= 15 is 0 Å². The molecule has 0 aliphatic heterocycles. The maximum atomic E-state index is 12.3. The maximum absolute atomic E-state index is 12.3. The number of halogens is 1. The van der Waals surface area contributed by atoms with E-state index in [1.165, 1.54) is 0 Å². The van der Waals surface area contributed by atoms with E-state index in [9.17, 15) is 9.90 Å². The summed E-state index contributed by atoms with van der Waals surface area (Å²) in [6.45, 7) is 1.81. The van der Waals surface area contributed by atoms with Gasteiger partial charge in [-0.15, -0.1) is 0 Å². The smallest absolute Gasteiger partial charge is 0.275 e. The van der Waals surface area contributed by atoms with Crippen molar-refractivity contribution in [3.05, 3.63) is 76.3 Å². The first-order valence-corrected chi connectivity index (χ1v) is 8.16. The second-order valence-corrected chi connectivity index (χ2v) is 6.28. The first-order chi connectivity index (χ1) is 11.5. The standard InChI is InChI=1S/C19H15BrN2O2/c1-12(13-7-4-8-16(20)9-13)21-22-19(24)17-10-14-5-2-3-6-15(14)11-18(17)23/h2-11,23H,1H3,(H,22,24)/b21-12+. The number of aromatic hydroxyl groups is 1. The molecule has 0 spiro atoms. The molecule has 3 aromatic rings. The minimum absolute atomic E-state index is 0.0680. The van der Waals surface area contributed by atoms with Crippen LogP contribution >= 0.6 is 15.9 Å². The van der Waals surface area contributed by atoms with E-state index in [0.717, 1.165) is 20.8 Å². The number of hydrazone groups is 1. The number of carbonyl (C=O) groups is 1. The SMILES string of the molecule is C/C(=N\NC(=O)c1cc2ccccc2cc1O)c1cccc(Br)c1. The van der Waals surface area contributed by atoms with E-state index < -0.39 is 5.91 Å². The lowest BCUT2D eigenvalue weighted by Crippen LogP contribution is -2.19. The number of rotatable bonds is 3. The molecule has 0 atom stereocenters. The molecule has 1 amide bonds. The quantitative estimate of drug-likeness (QED) is 0.518. The van der Waals surface area contributed by atoms with E-state index in [0.29, 0.717) is 5.71 Å². The fraction of sp³-hybridized carbons (Fsp3) is 0.0526. The number of benzene rings is 3. The molecule has 5 heteroatoms. The van der Waals surface area contributed by atoms with Crippen LogP contribution in [0.15, 0.2) is 70.2 Å². The van der Waals surface area contributed by atoms with E-state index in [-0.39, 0.29) is 11.3 Å². The monoisotopic (exact) mass is 382 g/mol. The Bertz CT molecular complexity index is 951. The highest BCUT2D eigenvalue weighted by Crippen LogP contribution is 2.24. The van der Waals surface area contributed by atoms with Crippen molar-refractivity contribution in [1.82, 2.24) is 5.43 Å². The molecule has 0 saturated heterocycles.